The molecule has 2 aromatic rings. The van der Waals surface area contributed by atoms with Gasteiger partial charge in [-0.05, 0) is 18.6 Å². The van der Waals surface area contributed by atoms with Crippen LogP contribution in [0.3, 0.4) is 0 Å². The Kier molecular flexibility index (Phi) is 1.12. The fourth-order valence-corrected chi connectivity index (χ4v) is 1.15. The van der Waals surface area contributed by atoms with Crippen LogP contribution in [0.4, 0.5) is 5.69 Å². The molecule has 3 heteroatoms. The molecule has 2 rings (SSSR count). The van der Waals surface area contributed by atoms with Crippen LogP contribution in [0, 0.1) is 6.92 Å². The average Bonchev–Trinajstić information content (AvgIpc) is 2.45. The Balaban J connectivity index is 2.93. The van der Waals surface area contributed by atoms with E-state index in [4.69, 9.17) is 5.73 Å². The van der Waals surface area contributed by atoms with Crippen molar-refractivity contribution in [2.45, 2.75) is 6.92 Å². The predicted molar refractivity (Wildman–Crippen MR) is 45.2 cm³/mol. The second-order valence-corrected chi connectivity index (χ2v) is 2.63. The number of aryl methyl sites for hydroxylation is 1. The lowest BCUT2D eigenvalue weighted by Crippen LogP contribution is -1.88. The number of rotatable bonds is 0. The van der Waals surface area contributed by atoms with Crippen molar-refractivity contribution in [2.75, 3.05) is 5.73 Å². The first kappa shape index (κ1) is 6.22. The first-order valence-electron chi connectivity index (χ1n) is 3.47. The van der Waals surface area contributed by atoms with E-state index in [1.54, 1.807) is 6.20 Å². The van der Waals surface area contributed by atoms with Crippen molar-refractivity contribution >= 4 is 16.6 Å². The summed E-state index contributed by atoms with van der Waals surface area (Å²) in [4.78, 5) is 0. The summed E-state index contributed by atoms with van der Waals surface area (Å²) in [5.41, 5.74) is 8.71. The highest BCUT2D eigenvalue weighted by atomic mass is 15.1. The topological polar surface area (TPSA) is 54.7 Å². The zero-order chi connectivity index (χ0) is 7.84. The van der Waals surface area contributed by atoms with Gasteiger partial charge in [0.05, 0.1) is 11.7 Å². The number of nitrogens with two attached hydrogens (primary N) is 1. The molecule has 0 aliphatic heterocycles. The van der Waals surface area contributed by atoms with Crippen molar-refractivity contribution in [1.82, 2.24) is 10.2 Å². The third-order valence-corrected chi connectivity index (χ3v) is 1.88. The van der Waals surface area contributed by atoms with Gasteiger partial charge >= 0.3 is 0 Å². The van der Waals surface area contributed by atoms with Crippen molar-refractivity contribution in [1.29, 1.82) is 0 Å². The van der Waals surface area contributed by atoms with E-state index < -0.39 is 0 Å². The number of aromatic nitrogens is 2. The van der Waals surface area contributed by atoms with Crippen LogP contribution in [-0.2, 0) is 0 Å². The number of benzene rings is 1. The predicted octanol–water partition coefficient (Wildman–Crippen LogP) is 1.45. The molecule has 0 saturated heterocycles. The summed E-state index contributed by atoms with van der Waals surface area (Å²) in [5, 5.41) is 7.76. The van der Waals surface area contributed by atoms with Gasteiger partial charge in [-0.15, -0.1) is 0 Å². The molecule has 0 atom stereocenters. The van der Waals surface area contributed by atoms with Gasteiger partial charge in [-0.2, -0.15) is 5.10 Å². The quantitative estimate of drug-likeness (QED) is 0.554. The average molecular weight is 147 g/mol. The number of fused-ring (bicyclic) bond motifs is 1. The Hall–Kier alpha value is -1.51. The molecule has 0 fully saturated rings. The van der Waals surface area contributed by atoms with Crippen LogP contribution in [-0.4, -0.2) is 10.2 Å². The molecule has 3 nitrogen and oxygen atoms in total. The van der Waals surface area contributed by atoms with Crippen LogP contribution in [0.15, 0.2) is 18.3 Å². The van der Waals surface area contributed by atoms with Gasteiger partial charge in [-0.25, -0.2) is 0 Å². The number of aromatic amines is 1. The second kappa shape index (κ2) is 1.99. The molecule has 0 aliphatic carbocycles. The van der Waals surface area contributed by atoms with E-state index in [-0.39, 0.29) is 0 Å². The summed E-state index contributed by atoms with van der Waals surface area (Å²) in [6.07, 6.45) is 1.75. The Morgan fingerprint density at radius 1 is 1.45 bits per heavy atom. The molecule has 0 unspecified atom stereocenters. The van der Waals surface area contributed by atoms with Crippen molar-refractivity contribution < 1.29 is 0 Å². The van der Waals surface area contributed by atoms with Crippen LogP contribution in [0.1, 0.15) is 5.56 Å². The molecule has 0 saturated carbocycles. The summed E-state index contributed by atoms with van der Waals surface area (Å²) in [5.74, 6) is 0. The number of nitrogens with zero attached hydrogens (tertiary/aromatic N) is 1. The molecule has 56 valence electrons. The summed E-state index contributed by atoms with van der Waals surface area (Å²) in [6, 6.07) is 3.96. The van der Waals surface area contributed by atoms with Gasteiger partial charge in [-0.1, -0.05) is 6.07 Å². The minimum Gasteiger partial charge on any atom is -0.398 e. The lowest BCUT2D eigenvalue weighted by atomic mass is 10.1. The maximum absolute atomic E-state index is 5.80. The summed E-state index contributed by atoms with van der Waals surface area (Å²) >= 11 is 0. The Morgan fingerprint density at radius 2 is 2.27 bits per heavy atom. The zero-order valence-corrected chi connectivity index (χ0v) is 6.26. The van der Waals surface area contributed by atoms with Crippen LogP contribution in [0.5, 0.6) is 0 Å². The van der Waals surface area contributed by atoms with E-state index in [0.29, 0.717) is 0 Å². The maximum atomic E-state index is 5.80. The van der Waals surface area contributed by atoms with Crippen molar-refractivity contribution in [3.63, 3.8) is 0 Å². The third kappa shape index (κ3) is 0.774. The van der Waals surface area contributed by atoms with E-state index in [1.807, 2.05) is 19.1 Å². The zero-order valence-electron chi connectivity index (χ0n) is 6.26. The lowest BCUT2D eigenvalue weighted by molar-refractivity contribution is 1.12. The van der Waals surface area contributed by atoms with E-state index >= 15 is 0 Å². The first-order chi connectivity index (χ1) is 5.29. The van der Waals surface area contributed by atoms with Crippen LogP contribution in [0.2, 0.25) is 0 Å². The number of hydrogen-bond acceptors (Lipinski definition) is 2. The third-order valence-electron chi connectivity index (χ3n) is 1.88. The summed E-state index contributed by atoms with van der Waals surface area (Å²) in [7, 11) is 0. The second-order valence-electron chi connectivity index (χ2n) is 2.63. The number of anilines is 1. The molecule has 0 bridgehead atoms. The minimum atomic E-state index is 0.816. The van der Waals surface area contributed by atoms with E-state index in [9.17, 15) is 0 Å². The largest absolute Gasteiger partial charge is 0.398 e. The number of nitrogen functional groups attached to an aromatic ring is 1. The molecule has 1 aromatic carbocycles. The van der Waals surface area contributed by atoms with Gasteiger partial charge in [0.25, 0.3) is 0 Å². The molecular formula is C8H9N3. The number of hydrogen-bond donors (Lipinski definition) is 2. The van der Waals surface area contributed by atoms with Crippen LogP contribution in [0.25, 0.3) is 10.9 Å². The molecule has 0 aliphatic rings. The van der Waals surface area contributed by atoms with Gasteiger partial charge in [-0.3, -0.25) is 5.10 Å². The molecule has 0 amide bonds. The first-order valence-corrected chi connectivity index (χ1v) is 3.47. The molecule has 0 spiro atoms. The normalized spacial score (nSPS) is 10.6. The van der Waals surface area contributed by atoms with Gasteiger partial charge in [0, 0.05) is 11.1 Å². The molecule has 0 radical (unpaired) electrons. The van der Waals surface area contributed by atoms with Crippen LogP contribution >= 0.6 is 0 Å². The van der Waals surface area contributed by atoms with E-state index in [0.717, 1.165) is 22.2 Å². The van der Waals surface area contributed by atoms with Gasteiger partial charge in [0.15, 0.2) is 0 Å². The lowest BCUT2D eigenvalue weighted by Gasteiger charge is -1.98. The summed E-state index contributed by atoms with van der Waals surface area (Å²) in [6.45, 7) is 1.99. The van der Waals surface area contributed by atoms with Gasteiger partial charge < -0.3 is 5.73 Å². The van der Waals surface area contributed by atoms with Gasteiger partial charge in [0.2, 0.25) is 0 Å². The summed E-state index contributed by atoms with van der Waals surface area (Å²) < 4.78 is 0. The van der Waals surface area contributed by atoms with E-state index in [2.05, 4.69) is 10.2 Å². The van der Waals surface area contributed by atoms with Crippen LogP contribution < -0.4 is 5.73 Å². The fraction of sp³-hybridized carbons (Fsp3) is 0.125. The molecule has 3 N–H and O–H groups in total. The fourth-order valence-electron chi connectivity index (χ4n) is 1.15. The SMILES string of the molecule is Cc1ccc2[nH]ncc2c1N. The Labute approximate surface area is 64.2 Å². The van der Waals surface area contributed by atoms with Crippen molar-refractivity contribution in [2.24, 2.45) is 0 Å². The number of H-pyrrole nitrogens is 1. The Bertz CT molecular complexity index is 389. The van der Waals surface area contributed by atoms with Gasteiger partial charge in [0.1, 0.15) is 0 Å². The molecule has 11 heavy (non-hydrogen) atoms. The highest BCUT2D eigenvalue weighted by Crippen LogP contribution is 2.21. The minimum absolute atomic E-state index is 0.816. The smallest absolute Gasteiger partial charge is 0.0671 e. The highest BCUT2D eigenvalue weighted by molar-refractivity contribution is 5.91. The highest BCUT2D eigenvalue weighted by Gasteiger charge is 2.00. The molecule has 1 heterocycles. The van der Waals surface area contributed by atoms with E-state index in [1.165, 1.54) is 0 Å². The molecular weight excluding hydrogens is 138 g/mol. The number of nitrogens with one attached hydrogen (secondary N) is 1. The standard InChI is InChI=1S/C8H9N3/c1-5-2-3-7-6(8(5)9)4-10-11-7/h2-4H,9H2,1H3,(H,10,11). The van der Waals surface area contributed by atoms with Crippen molar-refractivity contribution in [3.8, 4) is 0 Å². The van der Waals surface area contributed by atoms with Crippen molar-refractivity contribution in [3.05, 3.63) is 23.9 Å². The monoisotopic (exact) mass is 147 g/mol. The maximum Gasteiger partial charge on any atom is 0.0671 e. The molecule has 1 aromatic heterocycles. The Morgan fingerprint density at radius 3 is 3.09 bits per heavy atom.